The molecule has 0 saturated heterocycles. The molecule has 8 heteroatoms. The van der Waals surface area contributed by atoms with Gasteiger partial charge >= 0.3 is 0 Å². The molecular formula is C21H28N2O5S. The van der Waals surface area contributed by atoms with Crippen LogP contribution >= 0.6 is 0 Å². The SMILES string of the molecule is CC[C@H](C(=O)N[C@@H](C)c1ccc(OC)cc1)N(c1ccc(OC)cc1)S(C)(=O)=O. The monoisotopic (exact) mass is 420 g/mol. The summed E-state index contributed by atoms with van der Waals surface area (Å²) in [6.45, 7) is 3.63. The molecular weight excluding hydrogens is 392 g/mol. The Kier molecular flexibility index (Phi) is 7.50. The zero-order valence-corrected chi connectivity index (χ0v) is 18.2. The van der Waals surface area contributed by atoms with E-state index in [4.69, 9.17) is 9.47 Å². The first-order valence-electron chi connectivity index (χ1n) is 9.29. The molecule has 0 unspecified atom stereocenters. The number of ether oxygens (including phenoxy) is 2. The van der Waals surface area contributed by atoms with Crippen LogP contribution in [0.15, 0.2) is 48.5 Å². The van der Waals surface area contributed by atoms with E-state index in [1.54, 1.807) is 38.3 Å². The number of benzene rings is 2. The molecule has 0 radical (unpaired) electrons. The minimum Gasteiger partial charge on any atom is -0.497 e. The van der Waals surface area contributed by atoms with Gasteiger partial charge in [-0.15, -0.1) is 0 Å². The minimum atomic E-state index is -3.69. The van der Waals surface area contributed by atoms with Gasteiger partial charge in [-0.1, -0.05) is 19.1 Å². The second kappa shape index (κ2) is 9.65. The highest BCUT2D eigenvalue weighted by atomic mass is 32.2. The summed E-state index contributed by atoms with van der Waals surface area (Å²) in [4.78, 5) is 13.0. The van der Waals surface area contributed by atoms with Crippen molar-refractivity contribution in [1.82, 2.24) is 5.32 Å². The molecule has 7 nitrogen and oxygen atoms in total. The average molecular weight is 421 g/mol. The molecule has 0 aliphatic heterocycles. The molecule has 2 aromatic rings. The average Bonchev–Trinajstić information content (AvgIpc) is 2.71. The van der Waals surface area contributed by atoms with Crippen LogP contribution in [0.5, 0.6) is 11.5 Å². The number of amides is 1. The van der Waals surface area contributed by atoms with Crippen molar-refractivity contribution in [3.05, 3.63) is 54.1 Å². The van der Waals surface area contributed by atoms with Crippen molar-refractivity contribution in [3.63, 3.8) is 0 Å². The van der Waals surface area contributed by atoms with Crippen molar-refractivity contribution < 1.29 is 22.7 Å². The van der Waals surface area contributed by atoms with Crippen molar-refractivity contribution in [1.29, 1.82) is 0 Å². The lowest BCUT2D eigenvalue weighted by atomic mass is 10.1. The van der Waals surface area contributed by atoms with E-state index in [9.17, 15) is 13.2 Å². The predicted octanol–water partition coefficient (Wildman–Crippen LogP) is 3.13. The first-order chi connectivity index (χ1) is 13.7. The Labute approximate surface area is 172 Å². The Morgan fingerprint density at radius 2 is 1.48 bits per heavy atom. The van der Waals surface area contributed by atoms with Crippen LogP contribution in [-0.2, 0) is 14.8 Å². The number of sulfonamides is 1. The van der Waals surface area contributed by atoms with Crippen molar-refractivity contribution in [2.24, 2.45) is 0 Å². The normalized spacial score (nSPS) is 13.3. The van der Waals surface area contributed by atoms with Gasteiger partial charge in [0.05, 0.1) is 32.2 Å². The first kappa shape index (κ1) is 22.5. The van der Waals surface area contributed by atoms with Gasteiger partial charge in [-0.25, -0.2) is 8.42 Å². The Morgan fingerprint density at radius 1 is 1.00 bits per heavy atom. The maximum atomic E-state index is 13.0. The molecule has 0 heterocycles. The maximum absolute atomic E-state index is 13.0. The second-order valence-corrected chi connectivity index (χ2v) is 8.54. The summed E-state index contributed by atoms with van der Waals surface area (Å²) in [5, 5.41) is 2.92. The largest absolute Gasteiger partial charge is 0.497 e. The summed E-state index contributed by atoms with van der Waals surface area (Å²) >= 11 is 0. The van der Waals surface area contributed by atoms with Crippen LogP contribution in [0.4, 0.5) is 5.69 Å². The molecule has 1 amide bonds. The zero-order chi connectivity index (χ0) is 21.6. The molecule has 2 rings (SSSR count). The van der Waals surface area contributed by atoms with E-state index in [1.807, 2.05) is 31.2 Å². The number of hydrogen-bond acceptors (Lipinski definition) is 5. The van der Waals surface area contributed by atoms with Gasteiger partial charge in [0.15, 0.2) is 0 Å². The van der Waals surface area contributed by atoms with E-state index in [0.717, 1.165) is 21.9 Å². The zero-order valence-electron chi connectivity index (χ0n) is 17.4. The molecule has 0 aliphatic carbocycles. The second-order valence-electron chi connectivity index (χ2n) is 6.68. The maximum Gasteiger partial charge on any atom is 0.244 e. The lowest BCUT2D eigenvalue weighted by Crippen LogP contribution is -2.49. The number of carbonyl (C=O) groups is 1. The standard InChI is InChI=1S/C21H28N2O5S/c1-6-20(21(24)22-15(2)16-7-11-18(27-3)12-8-16)23(29(5,25)26)17-9-13-19(28-4)14-10-17/h7-15,20H,6H2,1-5H3,(H,22,24)/t15-,20+/m0/s1. The highest BCUT2D eigenvalue weighted by Crippen LogP contribution is 2.26. The summed E-state index contributed by atoms with van der Waals surface area (Å²) in [6, 6.07) is 12.8. The Morgan fingerprint density at radius 3 is 1.90 bits per heavy atom. The lowest BCUT2D eigenvalue weighted by Gasteiger charge is -2.31. The summed E-state index contributed by atoms with van der Waals surface area (Å²) in [5.74, 6) is 0.964. The van der Waals surface area contributed by atoms with Crippen LogP contribution in [0.1, 0.15) is 31.9 Å². The van der Waals surface area contributed by atoms with Gasteiger partial charge in [0.25, 0.3) is 0 Å². The van der Waals surface area contributed by atoms with Gasteiger partial charge in [0.1, 0.15) is 17.5 Å². The number of hydrogen-bond donors (Lipinski definition) is 1. The van der Waals surface area contributed by atoms with Gasteiger partial charge < -0.3 is 14.8 Å². The lowest BCUT2D eigenvalue weighted by molar-refractivity contribution is -0.122. The van der Waals surface area contributed by atoms with E-state index in [0.29, 0.717) is 17.9 Å². The Hall–Kier alpha value is -2.74. The number of nitrogens with one attached hydrogen (secondary N) is 1. The quantitative estimate of drug-likeness (QED) is 0.674. The molecule has 1 N–H and O–H groups in total. The number of methoxy groups -OCH3 is 2. The van der Waals surface area contributed by atoms with E-state index in [-0.39, 0.29) is 11.9 Å². The fraction of sp³-hybridized carbons (Fsp3) is 0.381. The third-order valence-electron chi connectivity index (χ3n) is 4.63. The van der Waals surface area contributed by atoms with Crippen molar-refractivity contribution >= 4 is 21.6 Å². The van der Waals surface area contributed by atoms with Crippen LogP contribution in [0.2, 0.25) is 0 Å². The number of anilines is 1. The Bertz CT molecular complexity index is 911. The smallest absolute Gasteiger partial charge is 0.244 e. The fourth-order valence-electron chi connectivity index (χ4n) is 3.07. The van der Waals surface area contributed by atoms with Gasteiger partial charge in [-0.3, -0.25) is 9.10 Å². The molecule has 0 aromatic heterocycles. The molecule has 0 fully saturated rings. The van der Waals surface area contributed by atoms with Crippen LogP contribution in [0, 0.1) is 0 Å². The summed E-state index contributed by atoms with van der Waals surface area (Å²) in [5.41, 5.74) is 1.30. The predicted molar refractivity (Wildman–Crippen MR) is 114 cm³/mol. The summed E-state index contributed by atoms with van der Waals surface area (Å²) in [6.07, 6.45) is 1.42. The first-order valence-corrected chi connectivity index (χ1v) is 11.1. The van der Waals surface area contributed by atoms with Crippen LogP contribution in [0.3, 0.4) is 0 Å². The minimum absolute atomic E-state index is 0.292. The third kappa shape index (κ3) is 5.63. The van der Waals surface area contributed by atoms with E-state index >= 15 is 0 Å². The number of nitrogens with zero attached hydrogens (tertiary/aromatic N) is 1. The van der Waals surface area contributed by atoms with E-state index in [2.05, 4.69) is 5.32 Å². The molecule has 0 spiro atoms. The highest BCUT2D eigenvalue weighted by molar-refractivity contribution is 7.92. The molecule has 0 saturated carbocycles. The van der Waals surface area contributed by atoms with Crippen molar-refractivity contribution in [3.8, 4) is 11.5 Å². The van der Waals surface area contributed by atoms with E-state index < -0.39 is 16.1 Å². The number of rotatable bonds is 9. The van der Waals surface area contributed by atoms with Crippen molar-refractivity contribution in [2.75, 3.05) is 24.8 Å². The fourth-order valence-corrected chi connectivity index (χ4v) is 4.29. The summed E-state index contributed by atoms with van der Waals surface area (Å²) < 4.78 is 36.5. The molecule has 0 aliphatic rings. The van der Waals surface area contributed by atoms with Gasteiger partial charge in [-0.05, 0) is 55.3 Å². The molecule has 2 aromatic carbocycles. The van der Waals surface area contributed by atoms with Gasteiger partial charge in [-0.2, -0.15) is 0 Å². The van der Waals surface area contributed by atoms with Crippen molar-refractivity contribution in [2.45, 2.75) is 32.4 Å². The third-order valence-corrected chi connectivity index (χ3v) is 5.81. The molecule has 158 valence electrons. The van der Waals surface area contributed by atoms with Gasteiger partial charge in [0.2, 0.25) is 15.9 Å². The topological polar surface area (TPSA) is 84.9 Å². The molecule has 2 atom stereocenters. The summed E-state index contributed by atoms with van der Waals surface area (Å²) in [7, 11) is -0.566. The molecule has 29 heavy (non-hydrogen) atoms. The van der Waals surface area contributed by atoms with Crippen LogP contribution in [0.25, 0.3) is 0 Å². The Balaban J connectivity index is 2.26. The number of carbonyl (C=O) groups excluding carboxylic acids is 1. The van der Waals surface area contributed by atoms with E-state index in [1.165, 1.54) is 7.11 Å². The van der Waals surface area contributed by atoms with Crippen LogP contribution < -0.4 is 19.1 Å². The highest BCUT2D eigenvalue weighted by Gasteiger charge is 2.32. The molecule has 0 bridgehead atoms. The van der Waals surface area contributed by atoms with Crippen LogP contribution in [-0.4, -0.2) is 40.8 Å². The van der Waals surface area contributed by atoms with Gasteiger partial charge in [0, 0.05) is 0 Å².